The van der Waals surface area contributed by atoms with Crippen molar-refractivity contribution in [2.75, 3.05) is 6.54 Å². The largest absolute Gasteiger partial charge is 0.330 e. The molecule has 5 heteroatoms. The molecule has 1 aromatic carbocycles. The average Bonchev–Trinajstić information content (AvgIpc) is 2.61. The van der Waals surface area contributed by atoms with Gasteiger partial charge in [-0.05, 0) is 44.5 Å². The van der Waals surface area contributed by atoms with E-state index in [1.54, 1.807) is 4.68 Å². The van der Waals surface area contributed by atoms with Crippen molar-refractivity contribution >= 4 is 11.6 Å². The van der Waals surface area contributed by atoms with Crippen LogP contribution in [0.4, 0.5) is 0 Å². The number of nitrogens with two attached hydrogens (primary N) is 1. The Morgan fingerprint density at radius 1 is 1.39 bits per heavy atom. The number of nitrogens with zero attached hydrogens (tertiary/aromatic N) is 1. The molecule has 0 saturated heterocycles. The molecule has 3 N–H and O–H groups in total. The van der Waals surface area contributed by atoms with Gasteiger partial charge in [0.2, 0.25) is 0 Å². The summed E-state index contributed by atoms with van der Waals surface area (Å²) in [5, 5.41) is 3.51. The Morgan fingerprint density at radius 2 is 2.11 bits per heavy atom. The van der Waals surface area contributed by atoms with Gasteiger partial charge in [0, 0.05) is 16.3 Å². The van der Waals surface area contributed by atoms with Crippen molar-refractivity contribution in [1.29, 1.82) is 0 Å². The van der Waals surface area contributed by atoms with Crippen molar-refractivity contribution in [2.24, 2.45) is 5.73 Å². The Balaban J connectivity index is 2.62. The molecule has 0 aliphatic carbocycles. The number of nitrogens with one attached hydrogen (secondary N) is 1. The summed E-state index contributed by atoms with van der Waals surface area (Å²) >= 11 is 6.10. The fraction of sp³-hybridized carbons (Fsp3) is 0.308. The van der Waals surface area contributed by atoms with Crippen LogP contribution in [-0.2, 0) is 6.42 Å². The van der Waals surface area contributed by atoms with E-state index in [-0.39, 0.29) is 5.56 Å². The number of hydrogen-bond donors (Lipinski definition) is 2. The van der Waals surface area contributed by atoms with Crippen molar-refractivity contribution in [3.05, 3.63) is 50.4 Å². The predicted molar refractivity (Wildman–Crippen MR) is 73.6 cm³/mol. The third kappa shape index (κ3) is 2.09. The van der Waals surface area contributed by atoms with Gasteiger partial charge in [0.15, 0.2) is 0 Å². The fourth-order valence-electron chi connectivity index (χ4n) is 2.07. The first-order chi connectivity index (χ1) is 8.56. The van der Waals surface area contributed by atoms with E-state index in [0.29, 0.717) is 18.0 Å². The van der Waals surface area contributed by atoms with Crippen molar-refractivity contribution < 1.29 is 0 Å². The van der Waals surface area contributed by atoms with Gasteiger partial charge in [-0.1, -0.05) is 17.7 Å². The smallest absolute Gasteiger partial charge is 0.267 e. The molecular weight excluding hydrogens is 250 g/mol. The van der Waals surface area contributed by atoms with Gasteiger partial charge in [0.05, 0.1) is 5.69 Å². The highest BCUT2D eigenvalue weighted by molar-refractivity contribution is 6.31. The highest BCUT2D eigenvalue weighted by Gasteiger charge is 2.13. The van der Waals surface area contributed by atoms with E-state index in [9.17, 15) is 4.79 Å². The van der Waals surface area contributed by atoms with Crippen LogP contribution in [0.15, 0.2) is 23.0 Å². The molecule has 96 valence electrons. The molecule has 0 spiro atoms. The van der Waals surface area contributed by atoms with Gasteiger partial charge in [0.1, 0.15) is 0 Å². The highest BCUT2D eigenvalue weighted by Crippen LogP contribution is 2.22. The Labute approximate surface area is 110 Å². The van der Waals surface area contributed by atoms with E-state index in [1.807, 2.05) is 32.0 Å². The molecule has 0 saturated carbocycles. The maximum absolute atomic E-state index is 11.9. The molecule has 0 unspecified atom stereocenters. The van der Waals surface area contributed by atoms with Gasteiger partial charge in [-0.15, -0.1) is 0 Å². The number of hydrogen-bond acceptors (Lipinski definition) is 2. The van der Waals surface area contributed by atoms with Gasteiger partial charge < -0.3 is 5.73 Å². The Hall–Kier alpha value is -1.52. The van der Waals surface area contributed by atoms with E-state index in [1.165, 1.54) is 0 Å². The summed E-state index contributed by atoms with van der Waals surface area (Å²) in [7, 11) is 0. The standard InChI is InChI=1S/C13H16ClN3O/c1-8-11(14)4-3-5-12(8)17-9(2)10(6-7-15)13(18)16-17/h3-5H,6-7,15H2,1-2H3,(H,16,18). The number of benzene rings is 1. The summed E-state index contributed by atoms with van der Waals surface area (Å²) in [5.41, 5.74) is 8.88. The number of H-pyrrole nitrogens is 1. The Bertz CT molecular complexity index is 628. The minimum atomic E-state index is -0.0858. The first-order valence-electron chi connectivity index (χ1n) is 5.82. The van der Waals surface area contributed by atoms with Crippen LogP contribution in [-0.4, -0.2) is 16.3 Å². The second kappa shape index (κ2) is 5.00. The van der Waals surface area contributed by atoms with Crippen LogP contribution in [0.5, 0.6) is 0 Å². The van der Waals surface area contributed by atoms with Gasteiger partial charge in [-0.3, -0.25) is 14.6 Å². The number of rotatable bonds is 3. The van der Waals surface area contributed by atoms with E-state index in [4.69, 9.17) is 17.3 Å². The molecule has 0 amide bonds. The normalized spacial score (nSPS) is 10.9. The maximum atomic E-state index is 11.9. The molecular formula is C13H16ClN3O. The van der Waals surface area contributed by atoms with Crippen LogP contribution in [0.25, 0.3) is 5.69 Å². The zero-order valence-electron chi connectivity index (χ0n) is 10.5. The zero-order chi connectivity index (χ0) is 13.3. The summed E-state index contributed by atoms with van der Waals surface area (Å²) < 4.78 is 1.77. The van der Waals surface area contributed by atoms with Gasteiger partial charge in [0.25, 0.3) is 5.56 Å². The van der Waals surface area contributed by atoms with E-state index in [2.05, 4.69) is 5.10 Å². The summed E-state index contributed by atoms with van der Waals surface area (Å²) in [6, 6.07) is 5.62. The Morgan fingerprint density at radius 3 is 2.78 bits per heavy atom. The minimum absolute atomic E-state index is 0.0858. The quantitative estimate of drug-likeness (QED) is 0.891. The Kier molecular flexibility index (Phi) is 3.59. The van der Waals surface area contributed by atoms with Gasteiger partial charge in [-0.2, -0.15) is 0 Å². The lowest BCUT2D eigenvalue weighted by molar-refractivity contribution is 0.826. The summed E-state index contributed by atoms with van der Waals surface area (Å²) in [6.45, 7) is 4.30. The zero-order valence-corrected chi connectivity index (χ0v) is 11.2. The summed E-state index contributed by atoms with van der Waals surface area (Å²) in [6.07, 6.45) is 0.577. The topological polar surface area (TPSA) is 63.8 Å². The average molecular weight is 266 g/mol. The first kappa shape index (κ1) is 12.9. The van der Waals surface area contributed by atoms with Crippen molar-refractivity contribution in [1.82, 2.24) is 9.78 Å². The third-order valence-corrected chi connectivity index (χ3v) is 3.54. The molecule has 0 aliphatic rings. The second-order valence-corrected chi connectivity index (χ2v) is 4.67. The molecule has 2 aromatic rings. The third-order valence-electron chi connectivity index (χ3n) is 3.13. The molecule has 1 heterocycles. The maximum Gasteiger partial charge on any atom is 0.267 e. The van der Waals surface area contributed by atoms with Gasteiger partial charge >= 0.3 is 0 Å². The van der Waals surface area contributed by atoms with Crippen molar-refractivity contribution in [3.63, 3.8) is 0 Å². The van der Waals surface area contributed by atoms with Crippen molar-refractivity contribution in [3.8, 4) is 5.69 Å². The first-order valence-corrected chi connectivity index (χ1v) is 6.20. The molecule has 0 radical (unpaired) electrons. The van der Waals surface area contributed by atoms with E-state index in [0.717, 1.165) is 22.5 Å². The SMILES string of the molecule is Cc1c(Cl)cccc1-n1[nH]c(=O)c(CCN)c1C. The molecule has 1 aromatic heterocycles. The van der Waals surface area contributed by atoms with Crippen LogP contribution in [0.2, 0.25) is 5.02 Å². The molecule has 2 rings (SSSR count). The molecule has 0 atom stereocenters. The molecule has 4 nitrogen and oxygen atoms in total. The molecule has 0 fully saturated rings. The lowest BCUT2D eigenvalue weighted by Gasteiger charge is -2.10. The minimum Gasteiger partial charge on any atom is -0.330 e. The van der Waals surface area contributed by atoms with Crippen LogP contribution in [0, 0.1) is 13.8 Å². The molecule has 0 aliphatic heterocycles. The number of aromatic amines is 1. The molecule has 18 heavy (non-hydrogen) atoms. The summed E-state index contributed by atoms with van der Waals surface area (Å²) in [4.78, 5) is 11.9. The highest BCUT2D eigenvalue weighted by atomic mass is 35.5. The second-order valence-electron chi connectivity index (χ2n) is 4.26. The lowest BCUT2D eigenvalue weighted by atomic mass is 10.1. The van der Waals surface area contributed by atoms with E-state index < -0.39 is 0 Å². The fourth-order valence-corrected chi connectivity index (χ4v) is 2.24. The monoisotopic (exact) mass is 265 g/mol. The van der Waals surface area contributed by atoms with E-state index >= 15 is 0 Å². The van der Waals surface area contributed by atoms with Crippen LogP contribution >= 0.6 is 11.6 Å². The number of aromatic nitrogens is 2. The number of halogens is 1. The molecule has 0 bridgehead atoms. The lowest BCUT2D eigenvalue weighted by Crippen LogP contribution is -2.12. The van der Waals surface area contributed by atoms with Gasteiger partial charge in [-0.25, -0.2) is 0 Å². The van der Waals surface area contributed by atoms with Crippen LogP contribution in [0.3, 0.4) is 0 Å². The summed E-state index contributed by atoms with van der Waals surface area (Å²) in [5.74, 6) is 0. The van der Waals surface area contributed by atoms with Crippen LogP contribution < -0.4 is 11.3 Å². The van der Waals surface area contributed by atoms with Crippen molar-refractivity contribution in [2.45, 2.75) is 20.3 Å². The van der Waals surface area contributed by atoms with Crippen LogP contribution in [0.1, 0.15) is 16.8 Å². The predicted octanol–water partition coefficient (Wildman–Crippen LogP) is 1.94.